The summed E-state index contributed by atoms with van der Waals surface area (Å²) in [5.74, 6) is 0.782. The van der Waals surface area contributed by atoms with Crippen LogP contribution in [0.5, 0.6) is 0 Å². The van der Waals surface area contributed by atoms with Gasteiger partial charge in [0.1, 0.15) is 0 Å². The highest BCUT2D eigenvalue weighted by molar-refractivity contribution is 4.92. The van der Waals surface area contributed by atoms with Crippen molar-refractivity contribution in [1.82, 2.24) is 0 Å². The molecule has 0 spiro atoms. The molecule has 0 aliphatic heterocycles. The van der Waals surface area contributed by atoms with E-state index in [0.29, 0.717) is 6.10 Å². The molecule has 0 bridgehead atoms. The maximum atomic E-state index is 5.52. The minimum Gasteiger partial charge on any atom is -0.379 e. The van der Waals surface area contributed by atoms with Crippen molar-refractivity contribution in [2.45, 2.75) is 60.0 Å². The van der Waals surface area contributed by atoms with E-state index in [1.54, 1.807) is 0 Å². The maximum absolute atomic E-state index is 5.52. The van der Waals surface area contributed by atoms with Gasteiger partial charge in [-0.2, -0.15) is 0 Å². The van der Waals surface area contributed by atoms with E-state index in [-0.39, 0.29) is 0 Å². The summed E-state index contributed by atoms with van der Waals surface area (Å²) in [4.78, 5) is 0. The van der Waals surface area contributed by atoms with Gasteiger partial charge in [-0.1, -0.05) is 18.6 Å². The second-order valence-corrected chi connectivity index (χ2v) is 4.67. The molecule has 1 atom stereocenters. The van der Waals surface area contributed by atoms with Crippen molar-refractivity contribution in [3.05, 3.63) is 11.6 Å². The fourth-order valence-corrected chi connectivity index (χ4v) is 1.31. The fraction of sp³-hybridized carbons (Fsp3) is 0.846. The number of rotatable bonds is 7. The Balaban J connectivity index is 3.37. The summed E-state index contributed by atoms with van der Waals surface area (Å²) in [6, 6.07) is 0. The van der Waals surface area contributed by atoms with Crippen molar-refractivity contribution in [3.63, 3.8) is 0 Å². The molecule has 0 radical (unpaired) electrons. The molecule has 1 heteroatoms. The van der Waals surface area contributed by atoms with Gasteiger partial charge in [-0.15, -0.1) is 0 Å². The molecule has 0 N–H and O–H groups in total. The highest BCUT2D eigenvalue weighted by atomic mass is 16.5. The van der Waals surface area contributed by atoms with Crippen molar-refractivity contribution < 1.29 is 4.74 Å². The van der Waals surface area contributed by atoms with Gasteiger partial charge in [-0.05, 0) is 52.9 Å². The molecular formula is C13H26O. The van der Waals surface area contributed by atoms with Gasteiger partial charge in [0, 0.05) is 6.61 Å². The lowest BCUT2D eigenvalue weighted by molar-refractivity contribution is 0.0691. The molecule has 0 fully saturated rings. The third-order valence-corrected chi connectivity index (χ3v) is 2.27. The van der Waals surface area contributed by atoms with Gasteiger partial charge < -0.3 is 4.74 Å². The Morgan fingerprint density at radius 1 is 1.14 bits per heavy atom. The van der Waals surface area contributed by atoms with Crippen molar-refractivity contribution in [1.29, 1.82) is 0 Å². The molecule has 0 heterocycles. The van der Waals surface area contributed by atoms with Crippen LogP contribution in [0.25, 0.3) is 0 Å². The zero-order chi connectivity index (χ0) is 11.0. The zero-order valence-electron chi connectivity index (χ0n) is 10.5. The third-order valence-electron chi connectivity index (χ3n) is 2.27. The van der Waals surface area contributed by atoms with E-state index in [2.05, 4.69) is 40.7 Å². The quantitative estimate of drug-likeness (QED) is 0.557. The van der Waals surface area contributed by atoms with E-state index in [4.69, 9.17) is 4.74 Å². The highest BCUT2D eigenvalue weighted by Crippen LogP contribution is 2.12. The Morgan fingerprint density at radius 3 is 2.29 bits per heavy atom. The average Bonchev–Trinajstić information content (AvgIpc) is 2.02. The van der Waals surface area contributed by atoms with Crippen LogP contribution < -0.4 is 0 Å². The summed E-state index contributed by atoms with van der Waals surface area (Å²) in [6.45, 7) is 11.7. The summed E-state index contributed by atoms with van der Waals surface area (Å²) in [7, 11) is 0. The molecule has 0 rings (SSSR count). The third kappa shape index (κ3) is 9.79. The van der Waals surface area contributed by atoms with Crippen LogP contribution in [0.1, 0.15) is 53.9 Å². The normalized spacial score (nSPS) is 13.0. The molecular weight excluding hydrogens is 172 g/mol. The fourth-order valence-electron chi connectivity index (χ4n) is 1.31. The Bertz CT molecular complexity index is 155. The van der Waals surface area contributed by atoms with Crippen molar-refractivity contribution in [2.24, 2.45) is 5.92 Å². The number of hydrogen-bond acceptors (Lipinski definition) is 1. The summed E-state index contributed by atoms with van der Waals surface area (Å²) >= 11 is 0. The first-order chi connectivity index (χ1) is 6.52. The number of hydrogen-bond donors (Lipinski definition) is 0. The van der Waals surface area contributed by atoms with Crippen molar-refractivity contribution in [2.75, 3.05) is 6.61 Å². The van der Waals surface area contributed by atoms with Gasteiger partial charge >= 0.3 is 0 Å². The van der Waals surface area contributed by atoms with E-state index in [1.807, 2.05) is 0 Å². The molecule has 0 aliphatic rings. The second kappa shape index (κ2) is 8.05. The summed E-state index contributed by atoms with van der Waals surface area (Å²) < 4.78 is 5.52. The maximum Gasteiger partial charge on any atom is 0.0518 e. The standard InChI is InChI=1S/C13H26O/c1-11(2)7-6-8-13(5)9-10-14-12(3)4/h7,12-13H,6,8-10H2,1-5H3/t13-/m1/s1. The van der Waals surface area contributed by atoms with Crippen LogP contribution in [0.2, 0.25) is 0 Å². The summed E-state index contributed by atoms with van der Waals surface area (Å²) in [5, 5.41) is 0. The van der Waals surface area contributed by atoms with Crippen LogP contribution in [0, 0.1) is 5.92 Å². The molecule has 0 aromatic carbocycles. The minimum absolute atomic E-state index is 0.375. The van der Waals surface area contributed by atoms with Gasteiger partial charge in [0.15, 0.2) is 0 Å². The van der Waals surface area contributed by atoms with E-state index < -0.39 is 0 Å². The first kappa shape index (κ1) is 13.7. The molecule has 84 valence electrons. The topological polar surface area (TPSA) is 9.23 Å². The van der Waals surface area contributed by atoms with E-state index in [1.165, 1.54) is 24.8 Å². The van der Waals surface area contributed by atoms with Crippen molar-refractivity contribution >= 4 is 0 Å². The van der Waals surface area contributed by atoms with Crippen LogP contribution in [0.15, 0.2) is 11.6 Å². The highest BCUT2D eigenvalue weighted by Gasteiger charge is 2.01. The molecule has 0 saturated heterocycles. The van der Waals surface area contributed by atoms with Gasteiger partial charge in [0.05, 0.1) is 6.10 Å². The smallest absolute Gasteiger partial charge is 0.0518 e. The van der Waals surface area contributed by atoms with Gasteiger partial charge in [-0.25, -0.2) is 0 Å². The molecule has 1 nitrogen and oxygen atoms in total. The van der Waals surface area contributed by atoms with Crippen molar-refractivity contribution in [3.8, 4) is 0 Å². The Hall–Kier alpha value is -0.300. The van der Waals surface area contributed by atoms with Crippen LogP contribution in [0.4, 0.5) is 0 Å². The monoisotopic (exact) mass is 198 g/mol. The number of ether oxygens (including phenoxy) is 1. The predicted molar refractivity (Wildman–Crippen MR) is 63.5 cm³/mol. The molecule has 0 amide bonds. The van der Waals surface area contributed by atoms with E-state index in [0.717, 1.165) is 12.5 Å². The lowest BCUT2D eigenvalue weighted by Crippen LogP contribution is -2.07. The largest absolute Gasteiger partial charge is 0.379 e. The van der Waals surface area contributed by atoms with E-state index >= 15 is 0 Å². The summed E-state index contributed by atoms with van der Waals surface area (Å²) in [6.07, 6.45) is 6.38. The van der Waals surface area contributed by atoms with Gasteiger partial charge in [0.25, 0.3) is 0 Å². The van der Waals surface area contributed by atoms with E-state index in [9.17, 15) is 0 Å². The van der Waals surface area contributed by atoms with Gasteiger partial charge in [0.2, 0.25) is 0 Å². The predicted octanol–water partition coefficient (Wildman–Crippen LogP) is 4.18. The molecule has 0 aromatic rings. The second-order valence-electron chi connectivity index (χ2n) is 4.67. The van der Waals surface area contributed by atoms with Crippen LogP contribution in [0.3, 0.4) is 0 Å². The molecule has 0 aromatic heterocycles. The van der Waals surface area contributed by atoms with Crippen LogP contribution in [-0.4, -0.2) is 12.7 Å². The van der Waals surface area contributed by atoms with Crippen LogP contribution >= 0.6 is 0 Å². The molecule has 0 saturated carbocycles. The lowest BCUT2D eigenvalue weighted by Gasteiger charge is -2.12. The summed E-state index contributed by atoms with van der Waals surface area (Å²) in [5.41, 5.74) is 1.43. The first-order valence-corrected chi connectivity index (χ1v) is 5.77. The minimum atomic E-state index is 0.375. The number of allylic oxidation sites excluding steroid dienone is 2. The Labute approximate surface area is 89.5 Å². The molecule has 0 unspecified atom stereocenters. The SMILES string of the molecule is CC(C)=CCC[C@@H](C)CCOC(C)C. The Morgan fingerprint density at radius 2 is 1.79 bits per heavy atom. The first-order valence-electron chi connectivity index (χ1n) is 5.77. The van der Waals surface area contributed by atoms with Gasteiger partial charge in [-0.3, -0.25) is 0 Å². The molecule has 14 heavy (non-hydrogen) atoms. The lowest BCUT2D eigenvalue weighted by atomic mass is 10.0. The Kier molecular flexibility index (Phi) is 7.87. The average molecular weight is 198 g/mol. The molecule has 0 aliphatic carbocycles. The van der Waals surface area contributed by atoms with Crippen LogP contribution in [-0.2, 0) is 4.74 Å². The zero-order valence-corrected chi connectivity index (χ0v) is 10.5.